The van der Waals surface area contributed by atoms with Crippen LogP contribution in [0, 0.1) is 0 Å². The number of ether oxygens (including phenoxy) is 2. The number of likely N-dealkylation sites (tertiary alicyclic amines) is 1. The van der Waals surface area contributed by atoms with E-state index in [2.05, 4.69) is 0 Å². The van der Waals surface area contributed by atoms with E-state index >= 15 is 0 Å². The zero-order valence-electron chi connectivity index (χ0n) is 14.6. The fourth-order valence-electron chi connectivity index (χ4n) is 3.01. The van der Waals surface area contributed by atoms with Gasteiger partial charge in [0.2, 0.25) is 0 Å². The van der Waals surface area contributed by atoms with Gasteiger partial charge in [-0.1, -0.05) is 42.0 Å². The molecule has 1 aliphatic heterocycles. The highest BCUT2D eigenvalue weighted by atomic mass is 16.6. The summed E-state index contributed by atoms with van der Waals surface area (Å²) in [6.07, 6.45) is 3.29. The van der Waals surface area contributed by atoms with Crippen LogP contribution in [0.3, 0.4) is 0 Å². The molecule has 1 unspecified atom stereocenters. The fraction of sp³-hybridized carbons (Fsp3) is 0.474. The molecule has 1 saturated heterocycles. The molecular weight excluding hydrogens is 306 g/mol. The van der Waals surface area contributed by atoms with Gasteiger partial charge >= 0.3 is 12.1 Å². The Bertz CT molecular complexity index is 607. The number of amides is 1. The minimum Gasteiger partial charge on any atom is -0.467 e. The van der Waals surface area contributed by atoms with Gasteiger partial charge in [0.1, 0.15) is 12.1 Å². The van der Waals surface area contributed by atoms with Crippen LogP contribution < -0.4 is 0 Å². The second-order valence-electron chi connectivity index (χ2n) is 6.30. The molecule has 0 aliphatic carbocycles. The smallest absolute Gasteiger partial charge is 0.411 e. The third kappa shape index (κ3) is 3.96. The molecule has 0 bridgehead atoms. The van der Waals surface area contributed by atoms with Crippen molar-refractivity contribution in [2.24, 2.45) is 0 Å². The first kappa shape index (κ1) is 18.0. The van der Waals surface area contributed by atoms with E-state index in [0.717, 1.165) is 17.6 Å². The molecule has 1 heterocycles. The maximum Gasteiger partial charge on any atom is 0.411 e. The molecule has 130 valence electrons. The summed E-state index contributed by atoms with van der Waals surface area (Å²) in [4.78, 5) is 26.5. The van der Waals surface area contributed by atoms with E-state index in [1.807, 2.05) is 50.3 Å². The van der Waals surface area contributed by atoms with Crippen LogP contribution in [-0.2, 0) is 20.9 Å². The number of carbonyl (C=O) groups is 2. The van der Waals surface area contributed by atoms with E-state index in [4.69, 9.17) is 9.47 Å². The lowest BCUT2D eigenvalue weighted by Crippen LogP contribution is -2.53. The van der Waals surface area contributed by atoms with Crippen molar-refractivity contribution in [3.8, 4) is 0 Å². The molecule has 1 aromatic carbocycles. The molecule has 0 spiro atoms. The van der Waals surface area contributed by atoms with E-state index in [-0.39, 0.29) is 12.6 Å². The molecule has 1 aromatic rings. The fourth-order valence-corrected chi connectivity index (χ4v) is 3.01. The number of carbonyl (C=O) groups excluding carboxylic acids is 2. The largest absolute Gasteiger partial charge is 0.467 e. The van der Waals surface area contributed by atoms with Crippen LogP contribution in [0.2, 0.25) is 0 Å². The summed E-state index contributed by atoms with van der Waals surface area (Å²) in [5.74, 6) is -0.380. The third-order valence-corrected chi connectivity index (χ3v) is 4.33. The Morgan fingerprint density at radius 2 is 1.96 bits per heavy atom. The number of allylic oxidation sites excluding steroid dienone is 1. The summed E-state index contributed by atoms with van der Waals surface area (Å²) >= 11 is 0. The summed E-state index contributed by atoms with van der Waals surface area (Å²) in [6, 6.07) is 9.49. The van der Waals surface area contributed by atoms with Gasteiger partial charge in [0.25, 0.3) is 0 Å². The highest BCUT2D eigenvalue weighted by Gasteiger charge is 2.50. The van der Waals surface area contributed by atoms with E-state index in [1.165, 1.54) is 12.0 Å². The van der Waals surface area contributed by atoms with Crippen LogP contribution in [0.4, 0.5) is 4.79 Å². The number of methoxy groups -OCH3 is 1. The second kappa shape index (κ2) is 7.99. The molecule has 0 aromatic heterocycles. The first-order valence-electron chi connectivity index (χ1n) is 8.20. The molecular formula is C19H25NO4. The Morgan fingerprint density at radius 3 is 2.58 bits per heavy atom. The van der Waals surface area contributed by atoms with Crippen molar-refractivity contribution in [3.05, 3.63) is 47.5 Å². The topological polar surface area (TPSA) is 55.8 Å². The Hall–Kier alpha value is -2.30. The van der Waals surface area contributed by atoms with Crippen LogP contribution in [0.1, 0.15) is 38.7 Å². The molecule has 1 atom stereocenters. The minimum atomic E-state index is -0.959. The molecule has 24 heavy (non-hydrogen) atoms. The molecule has 1 amide bonds. The zero-order valence-corrected chi connectivity index (χ0v) is 14.6. The van der Waals surface area contributed by atoms with E-state index in [9.17, 15) is 9.59 Å². The Morgan fingerprint density at radius 1 is 1.25 bits per heavy atom. The lowest BCUT2D eigenvalue weighted by Gasteiger charge is -2.34. The van der Waals surface area contributed by atoms with Gasteiger partial charge in [0.15, 0.2) is 0 Å². The molecule has 0 saturated carbocycles. The van der Waals surface area contributed by atoms with Gasteiger partial charge < -0.3 is 9.47 Å². The van der Waals surface area contributed by atoms with Gasteiger partial charge in [-0.2, -0.15) is 0 Å². The highest BCUT2D eigenvalue weighted by Crippen LogP contribution is 2.35. The van der Waals surface area contributed by atoms with E-state index in [1.54, 1.807) is 0 Å². The van der Waals surface area contributed by atoms with Crippen molar-refractivity contribution in [3.63, 3.8) is 0 Å². The summed E-state index contributed by atoms with van der Waals surface area (Å²) in [7, 11) is 1.36. The molecule has 1 fully saturated rings. The van der Waals surface area contributed by atoms with Gasteiger partial charge in [-0.25, -0.2) is 9.59 Å². The molecule has 0 N–H and O–H groups in total. The molecule has 1 aliphatic rings. The summed E-state index contributed by atoms with van der Waals surface area (Å²) in [5, 5.41) is 0. The number of nitrogens with zero attached hydrogens (tertiary/aromatic N) is 1. The number of hydrogen-bond acceptors (Lipinski definition) is 4. The number of esters is 1. The van der Waals surface area contributed by atoms with Gasteiger partial charge in [-0.15, -0.1) is 0 Å². The summed E-state index contributed by atoms with van der Waals surface area (Å²) < 4.78 is 10.4. The van der Waals surface area contributed by atoms with Crippen LogP contribution in [0.25, 0.3) is 0 Å². The second-order valence-corrected chi connectivity index (χ2v) is 6.30. The summed E-state index contributed by atoms with van der Waals surface area (Å²) in [6.45, 7) is 4.63. The predicted molar refractivity (Wildman–Crippen MR) is 91.4 cm³/mol. The average Bonchev–Trinajstić information content (AvgIpc) is 3.03. The molecule has 5 heteroatoms. The van der Waals surface area contributed by atoms with Crippen molar-refractivity contribution in [1.29, 1.82) is 0 Å². The normalized spacial score (nSPS) is 19.7. The molecule has 5 nitrogen and oxygen atoms in total. The minimum absolute atomic E-state index is 0.191. The number of benzene rings is 1. The SMILES string of the molecule is COC(=O)C1(CC=C(C)C)CCCN1C(=O)OCc1ccccc1. The van der Waals surface area contributed by atoms with Crippen molar-refractivity contribution in [1.82, 2.24) is 4.90 Å². The maximum absolute atomic E-state index is 12.6. The maximum atomic E-state index is 12.6. The van der Waals surface area contributed by atoms with Crippen molar-refractivity contribution in [2.75, 3.05) is 13.7 Å². The van der Waals surface area contributed by atoms with Crippen LogP contribution in [-0.4, -0.2) is 36.2 Å². The van der Waals surface area contributed by atoms with Gasteiger partial charge in [0, 0.05) is 6.54 Å². The van der Waals surface area contributed by atoms with Crippen molar-refractivity contribution < 1.29 is 19.1 Å². The first-order chi connectivity index (χ1) is 11.5. The predicted octanol–water partition coefficient (Wildman–Crippen LogP) is 3.69. The Kier molecular flexibility index (Phi) is 6.01. The van der Waals surface area contributed by atoms with Gasteiger partial charge in [-0.3, -0.25) is 4.90 Å². The monoisotopic (exact) mass is 331 g/mol. The standard InChI is InChI=1S/C19H25NO4/c1-15(2)10-12-19(17(21)23-3)11-7-13-20(19)18(22)24-14-16-8-5-4-6-9-16/h4-6,8-10H,7,11-14H2,1-3H3. The Labute approximate surface area is 143 Å². The van der Waals surface area contributed by atoms with Crippen LogP contribution >= 0.6 is 0 Å². The van der Waals surface area contributed by atoms with Gasteiger partial charge in [0.05, 0.1) is 7.11 Å². The molecule has 0 radical (unpaired) electrons. The quantitative estimate of drug-likeness (QED) is 0.610. The lowest BCUT2D eigenvalue weighted by molar-refractivity contribution is -0.152. The van der Waals surface area contributed by atoms with Crippen LogP contribution in [0.5, 0.6) is 0 Å². The third-order valence-electron chi connectivity index (χ3n) is 4.33. The zero-order chi connectivity index (χ0) is 17.6. The number of hydrogen-bond donors (Lipinski definition) is 0. The first-order valence-corrected chi connectivity index (χ1v) is 8.20. The van der Waals surface area contributed by atoms with E-state index in [0.29, 0.717) is 19.4 Å². The van der Waals surface area contributed by atoms with Crippen LogP contribution in [0.15, 0.2) is 42.0 Å². The average molecular weight is 331 g/mol. The Balaban J connectivity index is 2.14. The number of rotatable bonds is 5. The van der Waals surface area contributed by atoms with Crippen molar-refractivity contribution in [2.45, 2.75) is 45.3 Å². The van der Waals surface area contributed by atoms with E-state index < -0.39 is 11.6 Å². The van der Waals surface area contributed by atoms with Crippen molar-refractivity contribution >= 4 is 12.1 Å². The lowest BCUT2D eigenvalue weighted by atomic mass is 9.91. The highest BCUT2D eigenvalue weighted by molar-refractivity contribution is 5.86. The molecule has 2 rings (SSSR count). The summed E-state index contributed by atoms with van der Waals surface area (Å²) in [5.41, 5.74) is 1.06. The van der Waals surface area contributed by atoms with Gasteiger partial charge in [-0.05, 0) is 38.7 Å².